The van der Waals surface area contributed by atoms with E-state index in [2.05, 4.69) is 35.6 Å². The fourth-order valence-electron chi connectivity index (χ4n) is 4.53. The Hall–Kier alpha value is -2.08. The van der Waals surface area contributed by atoms with Gasteiger partial charge >= 0.3 is 0 Å². The van der Waals surface area contributed by atoms with Gasteiger partial charge in [0.05, 0.1) is 11.5 Å². The molecule has 0 bridgehead atoms. The fourth-order valence-corrected chi connectivity index (χ4v) is 6.26. The van der Waals surface area contributed by atoms with E-state index in [4.69, 9.17) is 0 Å². The Balaban J connectivity index is 1.56. The lowest BCUT2D eigenvalue weighted by Crippen LogP contribution is -2.47. The molecule has 0 spiro atoms. The molecule has 1 aliphatic heterocycles. The van der Waals surface area contributed by atoms with E-state index in [1.165, 1.54) is 16.5 Å². The molecule has 1 aliphatic carbocycles. The zero-order valence-electron chi connectivity index (χ0n) is 15.9. The molecule has 4 rings (SSSR count). The number of carbonyl (C=O) groups excluding carboxylic acids is 1. The summed E-state index contributed by atoms with van der Waals surface area (Å²) in [4.78, 5) is 14.8. The number of nitrogens with zero attached hydrogens (tertiary/aromatic N) is 1. The number of nitrogens with one attached hydrogen (secondary N) is 1. The molecular formula is C21H26N2O3S. The Kier molecular flexibility index (Phi) is 4.62. The second-order valence-electron chi connectivity index (χ2n) is 7.66. The van der Waals surface area contributed by atoms with Gasteiger partial charge in [-0.1, -0.05) is 24.3 Å². The van der Waals surface area contributed by atoms with Gasteiger partial charge in [-0.15, -0.1) is 0 Å². The molecule has 2 aromatic rings. The van der Waals surface area contributed by atoms with E-state index in [0.29, 0.717) is 13.0 Å². The van der Waals surface area contributed by atoms with Gasteiger partial charge in [0, 0.05) is 23.7 Å². The third-order valence-electron chi connectivity index (χ3n) is 5.89. The average molecular weight is 387 g/mol. The molecule has 2 aromatic carbocycles. The Labute approximate surface area is 160 Å². The molecule has 0 saturated carbocycles. The topological polar surface area (TPSA) is 66.5 Å². The van der Waals surface area contributed by atoms with Gasteiger partial charge in [0.15, 0.2) is 9.84 Å². The Bertz CT molecular complexity index is 990. The minimum Gasteiger partial charge on any atom is -0.373 e. The van der Waals surface area contributed by atoms with Crippen molar-refractivity contribution in [3.63, 3.8) is 0 Å². The van der Waals surface area contributed by atoms with Gasteiger partial charge in [-0.25, -0.2) is 8.42 Å². The summed E-state index contributed by atoms with van der Waals surface area (Å²) >= 11 is 0. The molecule has 27 heavy (non-hydrogen) atoms. The van der Waals surface area contributed by atoms with Gasteiger partial charge in [-0.2, -0.15) is 0 Å². The van der Waals surface area contributed by atoms with Crippen molar-refractivity contribution in [2.24, 2.45) is 0 Å². The Morgan fingerprint density at radius 2 is 1.96 bits per heavy atom. The van der Waals surface area contributed by atoms with Crippen molar-refractivity contribution in [2.75, 3.05) is 23.4 Å². The highest BCUT2D eigenvalue weighted by Gasteiger charge is 2.35. The maximum Gasteiger partial charge on any atom is 0.245 e. The molecule has 1 fully saturated rings. The zero-order chi connectivity index (χ0) is 19.2. The van der Waals surface area contributed by atoms with Crippen molar-refractivity contribution < 1.29 is 13.2 Å². The molecule has 5 nitrogen and oxygen atoms in total. The Morgan fingerprint density at radius 1 is 1.22 bits per heavy atom. The largest absolute Gasteiger partial charge is 0.373 e. The minimum absolute atomic E-state index is 0.0390. The molecule has 2 atom stereocenters. The van der Waals surface area contributed by atoms with Crippen LogP contribution in [0.5, 0.6) is 0 Å². The van der Waals surface area contributed by atoms with Crippen molar-refractivity contribution in [1.29, 1.82) is 0 Å². The molecule has 1 saturated heterocycles. The number of rotatable bonds is 5. The third-order valence-corrected chi connectivity index (χ3v) is 7.64. The minimum atomic E-state index is -3.01. The average Bonchev–Trinajstić information content (AvgIpc) is 3.22. The van der Waals surface area contributed by atoms with E-state index >= 15 is 0 Å². The third kappa shape index (κ3) is 3.31. The first-order chi connectivity index (χ1) is 12.9. The van der Waals surface area contributed by atoms with Crippen molar-refractivity contribution in [2.45, 2.75) is 45.2 Å². The highest BCUT2D eigenvalue weighted by Crippen LogP contribution is 2.35. The maximum atomic E-state index is 13.0. The van der Waals surface area contributed by atoms with Gasteiger partial charge in [0.1, 0.15) is 6.04 Å². The summed E-state index contributed by atoms with van der Waals surface area (Å²) in [5.74, 6) is 0.223. The van der Waals surface area contributed by atoms with Gasteiger partial charge < -0.3 is 10.2 Å². The number of hydrogen-bond acceptors (Lipinski definition) is 4. The van der Waals surface area contributed by atoms with Gasteiger partial charge in [-0.3, -0.25) is 4.79 Å². The normalized spacial score (nSPS) is 21.3. The molecule has 0 aromatic heterocycles. The van der Waals surface area contributed by atoms with Gasteiger partial charge in [0.25, 0.3) is 0 Å². The smallest absolute Gasteiger partial charge is 0.245 e. The van der Waals surface area contributed by atoms with Crippen molar-refractivity contribution in [3.05, 3.63) is 41.5 Å². The first kappa shape index (κ1) is 18.3. The van der Waals surface area contributed by atoms with Gasteiger partial charge in [-0.05, 0) is 55.7 Å². The lowest BCUT2D eigenvalue weighted by atomic mass is 10.0. The van der Waals surface area contributed by atoms with Crippen LogP contribution in [0.4, 0.5) is 5.69 Å². The number of carbonyl (C=O) groups is 1. The van der Waals surface area contributed by atoms with Gasteiger partial charge in [0.2, 0.25) is 5.91 Å². The number of aryl methyl sites for hydroxylation is 2. The molecule has 1 heterocycles. The first-order valence-electron chi connectivity index (χ1n) is 9.70. The molecule has 0 unspecified atom stereocenters. The molecule has 2 aliphatic rings. The number of benzene rings is 2. The van der Waals surface area contributed by atoms with Crippen LogP contribution in [0.3, 0.4) is 0 Å². The molecular weight excluding hydrogens is 360 g/mol. The summed E-state index contributed by atoms with van der Waals surface area (Å²) in [7, 11) is -3.01. The molecule has 6 heteroatoms. The summed E-state index contributed by atoms with van der Waals surface area (Å²) in [5, 5.41) is 5.86. The number of sulfone groups is 1. The van der Waals surface area contributed by atoms with Crippen LogP contribution in [-0.4, -0.2) is 49.4 Å². The number of likely N-dealkylation sites (N-methyl/N-ethyl adjacent to an activating group) is 1. The van der Waals surface area contributed by atoms with Crippen LogP contribution in [0.1, 0.15) is 31.4 Å². The molecule has 1 N–H and O–H groups in total. The first-order valence-corrected chi connectivity index (χ1v) is 11.5. The zero-order valence-corrected chi connectivity index (χ0v) is 16.7. The fraction of sp³-hybridized carbons (Fsp3) is 0.476. The van der Waals surface area contributed by atoms with Crippen LogP contribution < -0.4 is 5.32 Å². The number of hydrogen-bond donors (Lipinski definition) is 1. The van der Waals surface area contributed by atoms with E-state index in [0.717, 1.165) is 23.9 Å². The van der Waals surface area contributed by atoms with Crippen LogP contribution in [0.25, 0.3) is 10.8 Å². The molecule has 1 amide bonds. The Morgan fingerprint density at radius 3 is 2.63 bits per heavy atom. The van der Waals surface area contributed by atoms with Crippen LogP contribution in [0, 0.1) is 0 Å². The van der Waals surface area contributed by atoms with E-state index < -0.39 is 15.9 Å². The van der Waals surface area contributed by atoms with E-state index in [-0.39, 0.29) is 23.5 Å². The van der Waals surface area contributed by atoms with Crippen LogP contribution in [0.15, 0.2) is 30.3 Å². The standard InChI is InChI=1S/C21H26N2O3S/c1-3-23(17-11-12-27(25,26)13-17)21(24)14(2)22-19-10-9-16-8-7-15-5-4-6-18(19)20(15)16/h4-6,9-10,14,17,22H,3,7-8,11-13H2,1-2H3/t14-,17+/m1/s1. The summed E-state index contributed by atoms with van der Waals surface area (Å²) < 4.78 is 23.6. The van der Waals surface area contributed by atoms with Crippen molar-refractivity contribution in [3.8, 4) is 0 Å². The van der Waals surface area contributed by atoms with Crippen molar-refractivity contribution >= 4 is 32.2 Å². The monoisotopic (exact) mass is 386 g/mol. The van der Waals surface area contributed by atoms with Crippen molar-refractivity contribution in [1.82, 2.24) is 4.90 Å². The van der Waals surface area contributed by atoms with Crippen LogP contribution in [-0.2, 0) is 27.5 Å². The maximum absolute atomic E-state index is 13.0. The predicted octanol–water partition coefficient (Wildman–Crippen LogP) is 2.77. The van der Waals surface area contributed by atoms with E-state index in [9.17, 15) is 13.2 Å². The molecule has 0 radical (unpaired) electrons. The van der Waals surface area contributed by atoms with E-state index in [1.807, 2.05) is 13.8 Å². The lowest BCUT2D eigenvalue weighted by Gasteiger charge is -2.30. The summed E-state index contributed by atoms with van der Waals surface area (Å²) in [6.45, 7) is 4.29. The second-order valence-corrected chi connectivity index (χ2v) is 9.89. The quantitative estimate of drug-likeness (QED) is 0.858. The number of amides is 1. The summed E-state index contributed by atoms with van der Waals surface area (Å²) in [6.07, 6.45) is 2.68. The van der Waals surface area contributed by atoms with E-state index in [1.54, 1.807) is 4.90 Å². The SMILES string of the molecule is CCN(C(=O)[C@@H](C)Nc1ccc2c3c(cccc13)CC2)[C@H]1CCS(=O)(=O)C1. The number of anilines is 1. The highest BCUT2D eigenvalue weighted by atomic mass is 32.2. The predicted molar refractivity (Wildman–Crippen MR) is 109 cm³/mol. The van der Waals surface area contributed by atoms with Crippen LogP contribution >= 0.6 is 0 Å². The lowest BCUT2D eigenvalue weighted by molar-refractivity contribution is -0.133. The highest BCUT2D eigenvalue weighted by molar-refractivity contribution is 7.91. The summed E-state index contributed by atoms with van der Waals surface area (Å²) in [6, 6.07) is 9.96. The molecule has 144 valence electrons. The summed E-state index contributed by atoms with van der Waals surface area (Å²) in [5.41, 5.74) is 3.71. The van der Waals surface area contributed by atoms with Crippen LogP contribution in [0.2, 0.25) is 0 Å². The second kappa shape index (κ2) is 6.82.